The first-order valence-electron chi connectivity index (χ1n) is 10.1. The van der Waals surface area contributed by atoms with Crippen molar-refractivity contribution in [2.75, 3.05) is 12.5 Å². The van der Waals surface area contributed by atoms with Crippen LogP contribution in [0.4, 0.5) is 5.69 Å². The highest BCUT2D eigenvalue weighted by atomic mass is 35.5. The Morgan fingerprint density at radius 1 is 1.06 bits per heavy atom. The van der Waals surface area contributed by atoms with Gasteiger partial charge in [-0.05, 0) is 35.4 Å². The molecule has 1 unspecified atom stereocenters. The Bertz CT molecular complexity index is 1220. The summed E-state index contributed by atoms with van der Waals surface area (Å²) in [5.74, 6) is -1.24. The molecule has 3 aromatic rings. The number of para-hydroxylation sites is 1. The third-order valence-electron chi connectivity index (χ3n) is 4.86. The number of ether oxygens (including phenoxy) is 1. The van der Waals surface area contributed by atoms with Crippen molar-refractivity contribution in [3.05, 3.63) is 101 Å². The smallest absolute Gasteiger partial charge is 0.370 e. The molecule has 7 nitrogen and oxygen atoms in total. The number of nitrogens with one attached hydrogen (secondary N) is 1. The number of esters is 1. The van der Waals surface area contributed by atoms with Gasteiger partial charge in [-0.25, -0.2) is 4.79 Å². The molecule has 0 aromatic heterocycles. The van der Waals surface area contributed by atoms with E-state index in [1.807, 2.05) is 30.3 Å². The zero-order valence-electron chi connectivity index (χ0n) is 18.1. The van der Waals surface area contributed by atoms with Gasteiger partial charge in [0.1, 0.15) is 6.04 Å². The van der Waals surface area contributed by atoms with Gasteiger partial charge in [-0.15, -0.1) is 0 Å². The fourth-order valence-electron chi connectivity index (χ4n) is 3.19. The SMILES string of the molecule is COC(=O)/C(Cl)=N\Nc1ccccc1C(=O)N(Cc1ccccc1)C(C#N)c1ccc(Cl)cc1. The van der Waals surface area contributed by atoms with Gasteiger partial charge in [0.25, 0.3) is 5.91 Å². The molecule has 0 aliphatic carbocycles. The van der Waals surface area contributed by atoms with Crippen LogP contribution in [-0.2, 0) is 16.1 Å². The van der Waals surface area contributed by atoms with Crippen molar-refractivity contribution in [3.63, 3.8) is 0 Å². The van der Waals surface area contributed by atoms with E-state index < -0.39 is 23.1 Å². The summed E-state index contributed by atoms with van der Waals surface area (Å²) in [5.41, 5.74) is 4.65. The Kier molecular flexibility index (Phi) is 8.63. The highest BCUT2D eigenvalue weighted by molar-refractivity contribution is 6.82. The van der Waals surface area contributed by atoms with Gasteiger partial charge >= 0.3 is 5.97 Å². The van der Waals surface area contributed by atoms with Crippen LogP contribution in [0.25, 0.3) is 0 Å². The third kappa shape index (κ3) is 6.13. The second-order valence-corrected chi connectivity index (χ2v) is 7.85. The summed E-state index contributed by atoms with van der Waals surface area (Å²) in [6, 6.07) is 24.1. The number of anilines is 1. The van der Waals surface area contributed by atoms with E-state index in [2.05, 4.69) is 21.3 Å². The van der Waals surface area contributed by atoms with Gasteiger partial charge in [-0.2, -0.15) is 10.4 Å². The first kappa shape index (κ1) is 24.8. The van der Waals surface area contributed by atoms with Crippen molar-refractivity contribution < 1.29 is 14.3 Å². The molecule has 0 saturated heterocycles. The Hall–Kier alpha value is -3.86. The van der Waals surface area contributed by atoms with E-state index >= 15 is 0 Å². The number of nitriles is 1. The number of carbonyl (C=O) groups excluding carboxylic acids is 2. The maximum Gasteiger partial charge on any atom is 0.370 e. The average Bonchev–Trinajstić information content (AvgIpc) is 2.88. The van der Waals surface area contributed by atoms with Crippen molar-refractivity contribution >= 4 is 45.9 Å². The molecule has 1 amide bonds. The predicted molar refractivity (Wildman–Crippen MR) is 131 cm³/mol. The Balaban J connectivity index is 2.01. The van der Waals surface area contributed by atoms with Crippen LogP contribution in [0.1, 0.15) is 27.5 Å². The van der Waals surface area contributed by atoms with Crippen LogP contribution in [-0.4, -0.2) is 29.1 Å². The molecule has 1 N–H and O–H groups in total. The van der Waals surface area contributed by atoms with Gasteiger partial charge in [0.05, 0.1) is 24.4 Å². The number of hydrogen-bond donors (Lipinski definition) is 1. The number of methoxy groups -OCH3 is 1. The van der Waals surface area contributed by atoms with Crippen molar-refractivity contribution in [2.24, 2.45) is 5.10 Å². The molecule has 0 aliphatic rings. The molecule has 0 bridgehead atoms. The molecule has 1 atom stereocenters. The van der Waals surface area contributed by atoms with Gasteiger partial charge < -0.3 is 9.64 Å². The number of nitrogens with zero attached hydrogens (tertiary/aromatic N) is 3. The summed E-state index contributed by atoms with van der Waals surface area (Å²) in [5, 5.41) is 13.9. The molecule has 3 rings (SSSR count). The zero-order valence-corrected chi connectivity index (χ0v) is 19.6. The first-order valence-corrected chi connectivity index (χ1v) is 10.9. The molecule has 3 aromatic carbocycles. The molecule has 0 fully saturated rings. The third-order valence-corrected chi connectivity index (χ3v) is 5.35. The van der Waals surface area contributed by atoms with E-state index in [-0.39, 0.29) is 12.1 Å². The number of rotatable bonds is 8. The predicted octanol–water partition coefficient (Wildman–Crippen LogP) is 5.38. The molecule has 172 valence electrons. The van der Waals surface area contributed by atoms with Crippen LogP contribution in [0.2, 0.25) is 5.02 Å². The van der Waals surface area contributed by atoms with Crippen LogP contribution in [0.15, 0.2) is 84.0 Å². The van der Waals surface area contributed by atoms with E-state index in [1.165, 1.54) is 12.0 Å². The van der Waals surface area contributed by atoms with E-state index in [4.69, 9.17) is 23.2 Å². The fourth-order valence-corrected chi connectivity index (χ4v) is 3.44. The maximum atomic E-state index is 13.8. The van der Waals surface area contributed by atoms with Crippen LogP contribution in [0.5, 0.6) is 0 Å². The van der Waals surface area contributed by atoms with Gasteiger partial charge in [0, 0.05) is 11.6 Å². The van der Waals surface area contributed by atoms with Crippen molar-refractivity contribution in [2.45, 2.75) is 12.6 Å². The van der Waals surface area contributed by atoms with Crippen LogP contribution in [0.3, 0.4) is 0 Å². The molecule has 0 spiro atoms. The normalized spacial score (nSPS) is 11.8. The zero-order chi connectivity index (χ0) is 24.5. The molecule has 34 heavy (non-hydrogen) atoms. The second-order valence-electron chi connectivity index (χ2n) is 7.05. The average molecular weight is 495 g/mol. The van der Waals surface area contributed by atoms with Crippen LogP contribution in [0, 0.1) is 11.3 Å². The van der Waals surface area contributed by atoms with Crippen LogP contribution >= 0.6 is 23.2 Å². The number of halogens is 2. The Morgan fingerprint density at radius 2 is 1.71 bits per heavy atom. The maximum absolute atomic E-state index is 13.8. The molecular weight excluding hydrogens is 475 g/mol. The molecule has 0 aliphatic heterocycles. The lowest BCUT2D eigenvalue weighted by Crippen LogP contribution is -2.34. The Morgan fingerprint density at radius 3 is 2.35 bits per heavy atom. The lowest BCUT2D eigenvalue weighted by Gasteiger charge is -2.28. The molecule has 0 heterocycles. The highest BCUT2D eigenvalue weighted by Gasteiger charge is 2.28. The summed E-state index contributed by atoms with van der Waals surface area (Å²) in [7, 11) is 1.18. The molecule has 0 radical (unpaired) electrons. The first-order chi connectivity index (χ1) is 16.4. The Labute approximate surface area is 207 Å². The van der Waals surface area contributed by atoms with E-state index in [0.29, 0.717) is 16.3 Å². The topological polar surface area (TPSA) is 94.8 Å². The van der Waals surface area contributed by atoms with Gasteiger partial charge in [-0.1, -0.05) is 77.8 Å². The number of hydrogen-bond acceptors (Lipinski definition) is 6. The van der Waals surface area contributed by atoms with Crippen molar-refractivity contribution in [1.29, 1.82) is 5.26 Å². The fraction of sp³-hybridized carbons (Fsp3) is 0.120. The lowest BCUT2D eigenvalue weighted by molar-refractivity contribution is -0.132. The summed E-state index contributed by atoms with van der Waals surface area (Å²) in [6.45, 7) is 0.182. The monoisotopic (exact) mass is 494 g/mol. The standard InChI is InChI=1S/C25H20Cl2N4O3/c1-34-25(33)23(27)30-29-21-10-6-5-9-20(21)24(32)31(16-17-7-3-2-4-8-17)22(15-28)18-11-13-19(26)14-12-18/h2-14,22,29H,16H2,1H3/b30-23+. The minimum atomic E-state index is -0.889. The summed E-state index contributed by atoms with van der Waals surface area (Å²) in [6.07, 6.45) is 0. The largest absolute Gasteiger partial charge is 0.464 e. The van der Waals surface area contributed by atoms with E-state index in [0.717, 1.165) is 5.56 Å². The molecular formula is C25H20Cl2N4O3. The highest BCUT2D eigenvalue weighted by Crippen LogP contribution is 2.28. The minimum absolute atomic E-state index is 0.182. The number of benzene rings is 3. The van der Waals surface area contributed by atoms with Gasteiger partial charge in [-0.3, -0.25) is 10.2 Å². The number of carbonyl (C=O) groups is 2. The number of hydrazone groups is 1. The van der Waals surface area contributed by atoms with E-state index in [1.54, 1.807) is 48.5 Å². The molecule has 0 saturated carbocycles. The summed E-state index contributed by atoms with van der Waals surface area (Å²) in [4.78, 5) is 26.8. The van der Waals surface area contributed by atoms with Gasteiger partial charge in [0.15, 0.2) is 0 Å². The quantitative estimate of drug-likeness (QED) is 0.257. The summed E-state index contributed by atoms with van der Waals surface area (Å²) < 4.78 is 4.52. The number of amides is 1. The van der Waals surface area contributed by atoms with Gasteiger partial charge in [0.2, 0.25) is 5.17 Å². The van der Waals surface area contributed by atoms with E-state index in [9.17, 15) is 14.9 Å². The lowest BCUT2D eigenvalue weighted by atomic mass is 10.0. The van der Waals surface area contributed by atoms with Crippen molar-refractivity contribution in [3.8, 4) is 6.07 Å². The summed E-state index contributed by atoms with van der Waals surface area (Å²) >= 11 is 11.8. The van der Waals surface area contributed by atoms with Crippen molar-refractivity contribution in [1.82, 2.24) is 4.90 Å². The second kappa shape index (κ2) is 11.8. The molecule has 9 heteroatoms. The van der Waals surface area contributed by atoms with Crippen LogP contribution < -0.4 is 5.43 Å². The minimum Gasteiger partial charge on any atom is -0.464 e.